The Balaban J connectivity index is 1.54. The van der Waals surface area contributed by atoms with Gasteiger partial charge in [-0.25, -0.2) is 4.98 Å². The Hall–Kier alpha value is -3.74. The van der Waals surface area contributed by atoms with Crippen molar-refractivity contribution in [2.24, 2.45) is 0 Å². The van der Waals surface area contributed by atoms with Crippen LogP contribution in [-0.4, -0.2) is 42.3 Å². The highest BCUT2D eigenvalue weighted by atomic mass is 16.2. The molecular weight excluding hydrogens is 376 g/mol. The van der Waals surface area contributed by atoms with Crippen molar-refractivity contribution in [3.63, 3.8) is 0 Å². The number of aromatic nitrogens is 5. The van der Waals surface area contributed by atoms with Crippen molar-refractivity contribution in [3.05, 3.63) is 83.5 Å². The molecule has 7 heteroatoms. The molecular formula is C23H22N6O. The average molecular weight is 398 g/mol. The number of H-pyrrole nitrogens is 1. The van der Waals surface area contributed by atoms with E-state index < -0.39 is 0 Å². The molecule has 1 atom stereocenters. The largest absolute Gasteiger partial charge is 0.340 e. The van der Waals surface area contributed by atoms with Crippen molar-refractivity contribution < 1.29 is 4.79 Å². The van der Waals surface area contributed by atoms with Crippen LogP contribution in [0.2, 0.25) is 0 Å². The number of amides is 1. The quantitative estimate of drug-likeness (QED) is 0.531. The molecule has 0 saturated carbocycles. The SMILES string of the molecule is C=C1CC(c2nc3cc(C)c(C)cc3[nH]2)N(C(=O)c2ccccc2-n2nccn2)C1. The minimum atomic E-state index is -0.184. The number of carbonyl (C=O) groups excluding carboxylic acids is 1. The van der Waals surface area contributed by atoms with Gasteiger partial charge in [-0.15, -0.1) is 0 Å². The van der Waals surface area contributed by atoms with Crippen molar-refractivity contribution in [3.8, 4) is 5.69 Å². The fourth-order valence-corrected chi connectivity index (χ4v) is 4.03. The summed E-state index contributed by atoms with van der Waals surface area (Å²) in [6.07, 6.45) is 3.88. The third-order valence-corrected chi connectivity index (χ3v) is 5.71. The molecule has 1 fully saturated rings. The number of aromatic amines is 1. The molecule has 4 aromatic rings. The van der Waals surface area contributed by atoms with Gasteiger partial charge < -0.3 is 9.88 Å². The third-order valence-electron chi connectivity index (χ3n) is 5.71. The first-order valence-electron chi connectivity index (χ1n) is 9.91. The van der Waals surface area contributed by atoms with Crippen molar-refractivity contribution in [1.82, 2.24) is 29.9 Å². The Labute approximate surface area is 174 Å². The summed E-state index contributed by atoms with van der Waals surface area (Å²) in [5.74, 6) is 0.705. The molecule has 150 valence electrons. The normalized spacial score (nSPS) is 16.5. The maximum Gasteiger partial charge on any atom is 0.257 e. The molecule has 0 radical (unpaired) electrons. The molecule has 0 aliphatic carbocycles. The lowest BCUT2D eigenvalue weighted by atomic mass is 10.1. The lowest BCUT2D eigenvalue weighted by Crippen LogP contribution is -2.32. The Morgan fingerprint density at radius 3 is 2.67 bits per heavy atom. The van der Waals surface area contributed by atoms with Gasteiger partial charge in [0.2, 0.25) is 0 Å². The highest BCUT2D eigenvalue weighted by Gasteiger charge is 2.35. The zero-order valence-corrected chi connectivity index (χ0v) is 17.0. The number of imidazole rings is 1. The van der Waals surface area contributed by atoms with E-state index in [0.29, 0.717) is 24.2 Å². The topological polar surface area (TPSA) is 79.7 Å². The van der Waals surface area contributed by atoms with Crippen LogP contribution in [0.5, 0.6) is 0 Å². The van der Waals surface area contributed by atoms with Crippen LogP contribution in [0.1, 0.15) is 39.8 Å². The number of benzene rings is 2. The molecule has 5 rings (SSSR count). The monoisotopic (exact) mass is 398 g/mol. The van der Waals surface area contributed by atoms with E-state index in [1.54, 1.807) is 12.4 Å². The summed E-state index contributed by atoms with van der Waals surface area (Å²) in [5.41, 5.74) is 6.53. The summed E-state index contributed by atoms with van der Waals surface area (Å²) in [7, 11) is 0. The maximum absolute atomic E-state index is 13.6. The summed E-state index contributed by atoms with van der Waals surface area (Å²) in [6, 6.07) is 11.4. The van der Waals surface area contributed by atoms with Gasteiger partial charge in [0, 0.05) is 6.54 Å². The van der Waals surface area contributed by atoms with Crippen molar-refractivity contribution in [2.45, 2.75) is 26.3 Å². The number of rotatable bonds is 3. The molecule has 2 aromatic heterocycles. The van der Waals surface area contributed by atoms with Crippen LogP contribution < -0.4 is 0 Å². The van der Waals surface area contributed by atoms with Gasteiger partial charge in [0.1, 0.15) is 5.82 Å². The van der Waals surface area contributed by atoms with E-state index in [9.17, 15) is 4.79 Å². The first kappa shape index (κ1) is 18.3. The van der Waals surface area contributed by atoms with Gasteiger partial charge in [0.15, 0.2) is 0 Å². The summed E-state index contributed by atoms with van der Waals surface area (Å²) in [4.78, 5) is 25.1. The Morgan fingerprint density at radius 2 is 1.87 bits per heavy atom. The Bertz CT molecular complexity index is 1230. The van der Waals surface area contributed by atoms with Gasteiger partial charge >= 0.3 is 0 Å². The molecule has 30 heavy (non-hydrogen) atoms. The van der Waals surface area contributed by atoms with E-state index in [-0.39, 0.29) is 11.9 Å². The average Bonchev–Trinajstić information content (AvgIpc) is 3.47. The van der Waals surface area contributed by atoms with Crippen LogP contribution in [0, 0.1) is 13.8 Å². The van der Waals surface area contributed by atoms with Crippen molar-refractivity contribution in [1.29, 1.82) is 0 Å². The number of likely N-dealkylation sites (tertiary alicyclic amines) is 1. The minimum absolute atomic E-state index is 0.0839. The second-order valence-corrected chi connectivity index (χ2v) is 7.81. The predicted molar refractivity (Wildman–Crippen MR) is 114 cm³/mol. The van der Waals surface area contributed by atoms with E-state index in [4.69, 9.17) is 4.98 Å². The van der Waals surface area contributed by atoms with E-state index in [2.05, 4.69) is 47.7 Å². The Morgan fingerprint density at radius 1 is 1.13 bits per heavy atom. The molecule has 1 N–H and O–H groups in total. The second kappa shape index (κ2) is 6.95. The van der Waals surface area contributed by atoms with Crippen LogP contribution >= 0.6 is 0 Å². The number of hydrogen-bond donors (Lipinski definition) is 1. The van der Waals surface area contributed by atoms with Gasteiger partial charge in [-0.2, -0.15) is 15.0 Å². The number of hydrogen-bond acceptors (Lipinski definition) is 4. The summed E-state index contributed by atoms with van der Waals surface area (Å²) in [5, 5.41) is 8.38. The number of aryl methyl sites for hydroxylation is 2. The number of para-hydroxylation sites is 1. The van der Waals surface area contributed by atoms with Crippen LogP contribution in [0.25, 0.3) is 16.7 Å². The lowest BCUT2D eigenvalue weighted by molar-refractivity contribution is 0.0732. The summed E-state index contributed by atoms with van der Waals surface area (Å²) >= 11 is 0. The molecule has 1 aliphatic rings. The standard InChI is InChI=1S/C23H22N6O/c1-14-10-21(22-26-18-11-15(2)16(3)12-19(18)27-22)28(13-14)23(30)17-6-4-5-7-20(17)29-24-8-9-25-29/h4-9,11-12,21H,1,10,13H2,2-3H3,(H,26,27). The summed E-state index contributed by atoms with van der Waals surface area (Å²) in [6.45, 7) is 8.81. The molecule has 1 saturated heterocycles. The molecule has 0 spiro atoms. The van der Waals surface area contributed by atoms with Gasteiger partial charge in [-0.3, -0.25) is 4.79 Å². The third kappa shape index (κ3) is 2.99. The highest BCUT2D eigenvalue weighted by molar-refractivity contribution is 5.98. The maximum atomic E-state index is 13.6. The Kier molecular flexibility index (Phi) is 4.24. The van der Waals surface area contributed by atoms with Crippen LogP contribution in [-0.2, 0) is 0 Å². The fourth-order valence-electron chi connectivity index (χ4n) is 4.03. The van der Waals surface area contributed by atoms with Gasteiger partial charge in [0.25, 0.3) is 5.91 Å². The van der Waals surface area contributed by atoms with Gasteiger partial charge in [-0.1, -0.05) is 24.3 Å². The highest BCUT2D eigenvalue weighted by Crippen LogP contribution is 2.36. The minimum Gasteiger partial charge on any atom is -0.340 e. The first-order chi connectivity index (χ1) is 14.5. The van der Waals surface area contributed by atoms with E-state index in [1.165, 1.54) is 15.9 Å². The zero-order valence-electron chi connectivity index (χ0n) is 17.0. The van der Waals surface area contributed by atoms with Crippen LogP contribution in [0.4, 0.5) is 0 Å². The number of nitrogens with zero attached hydrogens (tertiary/aromatic N) is 5. The van der Waals surface area contributed by atoms with Crippen molar-refractivity contribution >= 4 is 16.9 Å². The van der Waals surface area contributed by atoms with Crippen LogP contribution in [0.3, 0.4) is 0 Å². The molecule has 3 heterocycles. The van der Waals surface area contributed by atoms with Crippen LogP contribution in [0.15, 0.2) is 60.9 Å². The van der Waals surface area contributed by atoms with Gasteiger partial charge in [0.05, 0.1) is 40.7 Å². The first-order valence-corrected chi connectivity index (χ1v) is 9.91. The zero-order chi connectivity index (χ0) is 20.8. The smallest absolute Gasteiger partial charge is 0.257 e. The molecule has 1 aliphatic heterocycles. The molecule has 1 unspecified atom stereocenters. The molecule has 2 aromatic carbocycles. The molecule has 1 amide bonds. The second-order valence-electron chi connectivity index (χ2n) is 7.81. The number of nitrogens with one attached hydrogen (secondary N) is 1. The fraction of sp³-hybridized carbons (Fsp3) is 0.217. The van der Waals surface area contributed by atoms with Gasteiger partial charge in [-0.05, 0) is 55.7 Å². The molecule has 7 nitrogen and oxygen atoms in total. The lowest BCUT2D eigenvalue weighted by Gasteiger charge is -2.23. The molecule has 0 bridgehead atoms. The number of carbonyl (C=O) groups is 1. The van der Waals surface area contributed by atoms with Crippen molar-refractivity contribution in [2.75, 3.05) is 6.54 Å². The van der Waals surface area contributed by atoms with E-state index in [0.717, 1.165) is 22.4 Å². The van der Waals surface area contributed by atoms with E-state index in [1.807, 2.05) is 29.2 Å². The van der Waals surface area contributed by atoms with E-state index >= 15 is 0 Å². The number of fused-ring (bicyclic) bond motifs is 1. The summed E-state index contributed by atoms with van der Waals surface area (Å²) < 4.78 is 0. The predicted octanol–water partition coefficient (Wildman–Crippen LogP) is 3.90.